The summed E-state index contributed by atoms with van der Waals surface area (Å²) < 4.78 is 3.02. The first-order valence-corrected chi connectivity index (χ1v) is 10.1. The molecule has 0 fully saturated rings. The SMILES string of the molecule is Cc1nn(Cc2cccc(NC(=S)Nc3ccc(Cl)cc3Cl)c2)c(C)c1Br. The van der Waals surface area contributed by atoms with Gasteiger partial charge in [-0.25, -0.2) is 0 Å². The summed E-state index contributed by atoms with van der Waals surface area (Å²) in [5, 5.41) is 12.4. The smallest absolute Gasteiger partial charge is 0.175 e. The Balaban J connectivity index is 1.69. The Bertz CT molecular complexity index is 1000. The van der Waals surface area contributed by atoms with E-state index in [9.17, 15) is 0 Å². The molecule has 3 aromatic rings. The van der Waals surface area contributed by atoms with Crippen molar-refractivity contribution < 1.29 is 0 Å². The number of rotatable bonds is 4. The third-order valence-electron chi connectivity index (χ3n) is 3.99. The van der Waals surface area contributed by atoms with Gasteiger partial charge in [-0.15, -0.1) is 0 Å². The van der Waals surface area contributed by atoms with Crippen molar-refractivity contribution in [2.24, 2.45) is 0 Å². The predicted molar refractivity (Wildman–Crippen MR) is 121 cm³/mol. The van der Waals surface area contributed by atoms with Crippen LogP contribution in [-0.4, -0.2) is 14.9 Å². The molecule has 1 heterocycles. The third-order valence-corrected chi connectivity index (χ3v) is 5.89. The summed E-state index contributed by atoms with van der Waals surface area (Å²) >= 11 is 21.0. The van der Waals surface area contributed by atoms with Crippen molar-refractivity contribution in [2.45, 2.75) is 20.4 Å². The van der Waals surface area contributed by atoms with Crippen LogP contribution in [0.25, 0.3) is 0 Å². The second kappa shape index (κ2) is 8.61. The highest BCUT2D eigenvalue weighted by molar-refractivity contribution is 9.10. The number of benzene rings is 2. The van der Waals surface area contributed by atoms with Crippen LogP contribution in [0.5, 0.6) is 0 Å². The van der Waals surface area contributed by atoms with Crippen molar-refractivity contribution in [2.75, 3.05) is 10.6 Å². The molecule has 0 amide bonds. The minimum absolute atomic E-state index is 0.449. The number of thiocarbonyl (C=S) groups is 1. The van der Waals surface area contributed by atoms with E-state index in [1.807, 2.05) is 36.7 Å². The van der Waals surface area contributed by atoms with E-state index in [1.165, 1.54) is 0 Å². The summed E-state index contributed by atoms with van der Waals surface area (Å²) in [5.74, 6) is 0. The number of aryl methyl sites for hydroxylation is 1. The number of anilines is 2. The van der Waals surface area contributed by atoms with Crippen molar-refractivity contribution in [3.8, 4) is 0 Å². The third kappa shape index (κ3) is 5.02. The number of hydrogen-bond acceptors (Lipinski definition) is 2. The van der Waals surface area contributed by atoms with Crippen molar-refractivity contribution in [3.05, 3.63) is 73.9 Å². The molecule has 27 heavy (non-hydrogen) atoms. The highest BCUT2D eigenvalue weighted by Crippen LogP contribution is 2.26. The van der Waals surface area contributed by atoms with Gasteiger partial charge in [-0.05, 0) is 77.9 Å². The van der Waals surface area contributed by atoms with Gasteiger partial charge in [0.2, 0.25) is 0 Å². The van der Waals surface area contributed by atoms with E-state index in [1.54, 1.807) is 18.2 Å². The minimum Gasteiger partial charge on any atom is -0.332 e. The summed E-state index contributed by atoms with van der Waals surface area (Å²) in [7, 11) is 0. The van der Waals surface area contributed by atoms with E-state index in [0.717, 1.165) is 27.1 Å². The highest BCUT2D eigenvalue weighted by Gasteiger charge is 2.09. The average molecular weight is 484 g/mol. The second-order valence-corrected chi connectivity index (χ2v) is 8.09. The molecule has 0 radical (unpaired) electrons. The monoisotopic (exact) mass is 482 g/mol. The average Bonchev–Trinajstić information content (AvgIpc) is 2.85. The molecule has 0 saturated heterocycles. The van der Waals surface area contributed by atoms with Crippen LogP contribution in [0.2, 0.25) is 10.0 Å². The molecule has 0 spiro atoms. The molecule has 0 aliphatic heterocycles. The highest BCUT2D eigenvalue weighted by atomic mass is 79.9. The zero-order valence-corrected chi connectivity index (χ0v) is 18.6. The van der Waals surface area contributed by atoms with Crippen LogP contribution in [0.15, 0.2) is 46.9 Å². The van der Waals surface area contributed by atoms with Crippen molar-refractivity contribution >= 4 is 67.8 Å². The Morgan fingerprint density at radius 1 is 1.15 bits per heavy atom. The zero-order chi connectivity index (χ0) is 19.6. The number of nitrogens with one attached hydrogen (secondary N) is 2. The topological polar surface area (TPSA) is 41.9 Å². The van der Waals surface area contributed by atoms with E-state index in [4.69, 9.17) is 35.4 Å². The molecule has 3 rings (SSSR count). The standard InChI is InChI=1S/C19H17BrCl2N4S/c1-11-18(20)12(2)26(25-11)10-13-4-3-5-15(8-13)23-19(27)24-17-7-6-14(21)9-16(17)22/h3-9H,10H2,1-2H3,(H2,23,24,27). The molecular weight excluding hydrogens is 467 g/mol. The molecule has 2 aromatic carbocycles. The number of hydrogen-bond donors (Lipinski definition) is 2. The minimum atomic E-state index is 0.449. The van der Waals surface area contributed by atoms with Gasteiger partial charge < -0.3 is 10.6 Å². The van der Waals surface area contributed by atoms with Crippen LogP contribution < -0.4 is 10.6 Å². The Kier molecular flexibility index (Phi) is 6.42. The predicted octanol–water partition coefficient (Wildman–Crippen LogP) is 6.43. The summed E-state index contributed by atoms with van der Waals surface area (Å²) in [5.41, 5.74) is 4.77. The maximum atomic E-state index is 6.17. The fourth-order valence-corrected chi connectivity index (χ4v) is 3.59. The molecule has 140 valence electrons. The summed E-state index contributed by atoms with van der Waals surface area (Å²) in [6, 6.07) is 13.3. The van der Waals surface area contributed by atoms with Crippen LogP contribution in [0.1, 0.15) is 17.0 Å². The summed E-state index contributed by atoms with van der Waals surface area (Å²) in [6.07, 6.45) is 0. The Labute approximate surface area is 182 Å². The second-order valence-electron chi connectivity index (χ2n) is 6.05. The number of aromatic nitrogens is 2. The largest absolute Gasteiger partial charge is 0.332 e. The van der Waals surface area contributed by atoms with Gasteiger partial charge in [0, 0.05) is 10.7 Å². The molecule has 4 nitrogen and oxygen atoms in total. The Hall–Kier alpha value is -1.60. The van der Waals surface area contributed by atoms with Gasteiger partial charge in [0.15, 0.2) is 5.11 Å². The Morgan fingerprint density at radius 3 is 2.59 bits per heavy atom. The van der Waals surface area contributed by atoms with Crippen molar-refractivity contribution in [1.29, 1.82) is 0 Å². The van der Waals surface area contributed by atoms with Crippen LogP contribution in [0, 0.1) is 13.8 Å². The molecule has 0 saturated carbocycles. The molecule has 0 aliphatic carbocycles. The molecule has 0 atom stereocenters. The fourth-order valence-electron chi connectivity index (χ4n) is 2.62. The van der Waals surface area contributed by atoms with Crippen LogP contribution in [0.4, 0.5) is 11.4 Å². The van der Waals surface area contributed by atoms with Gasteiger partial charge in [0.1, 0.15) is 0 Å². The van der Waals surface area contributed by atoms with Gasteiger partial charge in [0.25, 0.3) is 0 Å². The molecule has 0 bridgehead atoms. The first-order chi connectivity index (χ1) is 12.8. The lowest BCUT2D eigenvalue weighted by Gasteiger charge is -2.13. The molecule has 8 heteroatoms. The molecule has 1 aromatic heterocycles. The molecule has 0 unspecified atom stereocenters. The molecule has 2 N–H and O–H groups in total. The van der Waals surface area contributed by atoms with Gasteiger partial charge in [-0.2, -0.15) is 5.10 Å². The van der Waals surface area contributed by atoms with Crippen LogP contribution in [-0.2, 0) is 6.54 Å². The maximum absolute atomic E-state index is 6.17. The first-order valence-electron chi connectivity index (χ1n) is 8.15. The normalized spacial score (nSPS) is 10.7. The van der Waals surface area contributed by atoms with E-state index < -0.39 is 0 Å². The lowest BCUT2D eigenvalue weighted by molar-refractivity contribution is 0.659. The number of nitrogens with zero attached hydrogens (tertiary/aromatic N) is 2. The van der Waals surface area contributed by atoms with Gasteiger partial charge in [0.05, 0.1) is 33.1 Å². The summed E-state index contributed by atoms with van der Waals surface area (Å²) in [4.78, 5) is 0. The quantitative estimate of drug-likeness (QED) is 0.419. The Morgan fingerprint density at radius 2 is 1.93 bits per heavy atom. The van der Waals surface area contributed by atoms with E-state index in [0.29, 0.717) is 27.4 Å². The van der Waals surface area contributed by atoms with Crippen LogP contribution >= 0.6 is 51.3 Å². The lowest BCUT2D eigenvalue weighted by Crippen LogP contribution is -2.19. The lowest BCUT2D eigenvalue weighted by atomic mass is 10.2. The van der Waals surface area contributed by atoms with E-state index >= 15 is 0 Å². The molecular formula is C19H17BrCl2N4S. The van der Waals surface area contributed by atoms with E-state index in [2.05, 4.69) is 37.7 Å². The zero-order valence-electron chi connectivity index (χ0n) is 14.7. The number of halogens is 3. The van der Waals surface area contributed by atoms with E-state index in [-0.39, 0.29) is 0 Å². The van der Waals surface area contributed by atoms with Gasteiger partial charge in [-0.1, -0.05) is 35.3 Å². The first kappa shape index (κ1) is 20.1. The van der Waals surface area contributed by atoms with Gasteiger partial charge >= 0.3 is 0 Å². The molecule has 0 aliphatic rings. The van der Waals surface area contributed by atoms with Gasteiger partial charge in [-0.3, -0.25) is 4.68 Å². The maximum Gasteiger partial charge on any atom is 0.175 e. The van der Waals surface area contributed by atoms with Crippen LogP contribution in [0.3, 0.4) is 0 Å². The summed E-state index contributed by atoms with van der Waals surface area (Å²) in [6.45, 7) is 4.70. The van der Waals surface area contributed by atoms with Crippen molar-refractivity contribution in [1.82, 2.24) is 9.78 Å². The van der Waals surface area contributed by atoms with Crippen molar-refractivity contribution in [3.63, 3.8) is 0 Å². The fraction of sp³-hybridized carbons (Fsp3) is 0.158.